The number of aryl methyl sites for hydroxylation is 1. The van der Waals surface area contributed by atoms with Crippen molar-refractivity contribution < 1.29 is 4.21 Å². The molecule has 3 aromatic rings. The lowest BCUT2D eigenvalue weighted by molar-refractivity contribution is 0.676. The molecule has 0 radical (unpaired) electrons. The molecule has 122 valence electrons. The fourth-order valence-corrected chi connectivity index (χ4v) is 4.17. The van der Waals surface area contributed by atoms with Crippen molar-refractivity contribution in [1.29, 1.82) is 0 Å². The van der Waals surface area contributed by atoms with E-state index in [9.17, 15) is 9.00 Å². The number of H-pyrrole nitrogens is 1. The van der Waals surface area contributed by atoms with Crippen molar-refractivity contribution in [3.63, 3.8) is 0 Å². The lowest BCUT2D eigenvalue weighted by Gasteiger charge is -2.17. The molecule has 1 N–H and O–H groups in total. The van der Waals surface area contributed by atoms with E-state index in [4.69, 9.17) is 0 Å². The quantitative estimate of drug-likeness (QED) is 0.777. The van der Waals surface area contributed by atoms with E-state index in [1.54, 1.807) is 6.92 Å². The second-order valence-corrected chi connectivity index (χ2v) is 7.08. The molecule has 0 fully saturated rings. The third-order valence-corrected chi connectivity index (χ3v) is 5.29. The van der Waals surface area contributed by atoms with Crippen LogP contribution in [-0.4, -0.2) is 14.2 Å². The molecule has 1 heterocycles. The molecule has 2 aromatic carbocycles. The molecule has 5 heteroatoms. The SMILES string of the molecule is Cc1cc(=O)[nH]c(CS(=O)C(c2ccccc2)c2ccccc2)n1. The highest BCUT2D eigenvalue weighted by atomic mass is 32.2. The summed E-state index contributed by atoms with van der Waals surface area (Å²) in [7, 11) is -1.26. The highest BCUT2D eigenvalue weighted by Gasteiger charge is 2.22. The molecular weight excluding hydrogens is 320 g/mol. The first-order valence-corrected chi connectivity index (χ1v) is 9.05. The molecule has 0 aliphatic carbocycles. The Morgan fingerprint density at radius 1 is 1.00 bits per heavy atom. The van der Waals surface area contributed by atoms with Crippen LogP contribution in [0.25, 0.3) is 0 Å². The van der Waals surface area contributed by atoms with E-state index in [1.165, 1.54) is 6.07 Å². The highest BCUT2D eigenvalue weighted by Crippen LogP contribution is 2.29. The Balaban J connectivity index is 1.96. The fraction of sp³-hybridized carbons (Fsp3) is 0.158. The van der Waals surface area contributed by atoms with Crippen LogP contribution < -0.4 is 5.56 Å². The maximum absolute atomic E-state index is 13.1. The standard InChI is InChI=1S/C19H18N2O2S/c1-14-12-18(22)21-17(20-14)13-24(23)19(15-8-4-2-5-9-15)16-10-6-3-7-11-16/h2-12,19H,13H2,1H3,(H,20,21,22). The summed E-state index contributed by atoms with van der Waals surface area (Å²) in [5.41, 5.74) is 2.38. The van der Waals surface area contributed by atoms with Crippen LogP contribution in [0.1, 0.15) is 27.9 Å². The topological polar surface area (TPSA) is 62.8 Å². The average molecular weight is 338 g/mol. The van der Waals surface area contributed by atoms with Crippen LogP contribution in [0.3, 0.4) is 0 Å². The summed E-state index contributed by atoms with van der Waals surface area (Å²) in [6.45, 7) is 1.76. The summed E-state index contributed by atoms with van der Waals surface area (Å²) in [5, 5.41) is -0.266. The molecular formula is C19H18N2O2S. The van der Waals surface area contributed by atoms with E-state index in [0.29, 0.717) is 11.5 Å². The lowest BCUT2D eigenvalue weighted by Crippen LogP contribution is -2.16. The van der Waals surface area contributed by atoms with Gasteiger partial charge in [0.1, 0.15) is 5.82 Å². The van der Waals surface area contributed by atoms with Crippen LogP contribution in [0.2, 0.25) is 0 Å². The van der Waals surface area contributed by atoms with Crippen molar-refractivity contribution in [3.05, 3.63) is 99.7 Å². The minimum absolute atomic E-state index is 0.200. The largest absolute Gasteiger partial charge is 0.310 e. The number of hydrogen-bond acceptors (Lipinski definition) is 3. The van der Waals surface area contributed by atoms with E-state index in [-0.39, 0.29) is 16.6 Å². The van der Waals surface area contributed by atoms with Crippen LogP contribution in [0.4, 0.5) is 0 Å². The molecule has 0 aliphatic heterocycles. The fourth-order valence-electron chi connectivity index (χ4n) is 2.68. The summed E-state index contributed by atoms with van der Waals surface area (Å²) in [5.74, 6) is 0.654. The maximum atomic E-state index is 13.1. The zero-order valence-corrected chi connectivity index (χ0v) is 14.1. The van der Waals surface area contributed by atoms with Gasteiger partial charge in [-0.3, -0.25) is 9.00 Å². The van der Waals surface area contributed by atoms with Gasteiger partial charge in [-0.05, 0) is 18.1 Å². The van der Waals surface area contributed by atoms with Gasteiger partial charge in [0.25, 0.3) is 5.56 Å². The lowest BCUT2D eigenvalue weighted by atomic mass is 10.0. The molecule has 0 bridgehead atoms. The Hall–Kier alpha value is -2.53. The number of hydrogen-bond donors (Lipinski definition) is 1. The predicted octanol–water partition coefficient (Wildman–Crippen LogP) is 3.12. The smallest absolute Gasteiger partial charge is 0.251 e. The number of aromatic amines is 1. The van der Waals surface area contributed by atoms with Gasteiger partial charge in [0.2, 0.25) is 0 Å². The average Bonchev–Trinajstić information content (AvgIpc) is 2.56. The summed E-state index contributed by atoms with van der Waals surface area (Å²) in [6, 6.07) is 21.0. The second kappa shape index (κ2) is 7.36. The zero-order valence-electron chi connectivity index (χ0n) is 13.3. The van der Waals surface area contributed by atoms with Crippen molar-refractivity contribution in [2.24, 2.45) is 0 Å². The minimum Gasteiger partial charge on any atom is -0.310 e. The van der Waals surface area contributed by atoms with Crippen molar-refractivity contribution in [2.75, 3.05) is 0 Å². The van der Waals surface area contributed by atoms with Crippen molar-refractivity contribution >= 4 is 10.8 Å². The predicted molar refractivity (Wildman–Crippen MR) is 96.2 cm³/mol. The molecule has 0 spiro atoms. The summed E-state index contributed by atoms with van der Waals surface area (Å²) < 4.78 is 13.1. The summed E-state index contributed by atoms with van der Waals surface area (Å²) in [4.78, 5) is 18.6. The van der Waals surface area contributed by atoms with E-state index in [1.807, 2.05) is 60.7 Å². The Morgan fingerprint density at radius 2 is 1.54 bits per heavy atom. The molecule has 4 nitrogen and oxygen atoms in total. The number of nitrogens with one attached hydrogen (secondary N) is 1. The number of aromatic nitrogens is 2. The van der Waals surface area contributed by atoms with Crippen LogP contribution >= 0.6 is 0 Å². The minimum atomic E-state index is -1.26. The van der Waals surface area contributed by atoms with Crippen molar-refractivity contribution in [3.8, 4) is 0 Å². The normalized spacial score (nSPS) is 12.2. The van der Waals surface area contributed by atoms with E-state index in [0.717, 1.165) is 11.1 Å². The first-order chi connectivity index (χ1) is 11.6. The molecule has 0 aliphatic rings. The van der Waals surface area contributed by atoms with Gasteiger partial charge >= 0.3 is 0 Å². The Morgan fingerprint density at radius 3 is 2.04 bits per heavy atom. The highest BCUT2D eigenvalue weighted by molar-refractivity contribution is 7.84. The van der Waals surface area contributed by atoms with Gasteiger partial charge < -0.3 is 4.98 Å². The first kappa shape index (κ1) is 16.3. The number of benzene rings is 2. The van der Waals surface area contributed by atoms with Crippen molar-refractivity contribution in [1.82, 2.24) is 9.97 Å². The van der Waals surface area contributed by atoms with Crippen LogP contribution in [0, 0.1) is 6.92 Å². The monoisotopic (exact) mass is 338 g/mol. The van der Waals surface area contributed by atoms with E-state index >= 15 is 0 Å². The third-order valence-electron chi connectivity index (χ3n) is 3.67. The Labute approximate surface area is 143 Å². The molecule has 0 saturated heterocycles. The van der Waals surface area contributed by atoms with Crippen LogP contribution in [0.5, 0.6) is 0 Å². The van der Waals surface area contributed by atoms with Gasteiger partial charge in [-0.1, -0.05) is 60.7 Å². The van der Waals surface area contributed by atoms with Gasteiger partial charge in [-0.15, -0.1) is 0 Å². The second-order valence-electron chi connectivity index (χ2n) is 5.56. The van der Waals surface area contributed by atoms with Crippen LogP contribution in [0.15, 0.2) is 71.5 Å². The summed E-state index contributed by atoms with van der Waals surface area (Å²) >= 11 is 0. The third kappa shape index (κ3) is 3.86. The molecule has 1 aromatic heterocycles. The molecule has 0 saturated carbocycles. The maximum Gasteiger partial charge on any atom is 0.251 e. The molecule has 1 atom stereocenters. The molecule has 3 rings (SSSR count). The molecule has 24 heavy (non-hydrogen) atoms. The number of rotatable bonds is 5. The van der Waals surface area contributed by atoms with Gasteiger partial charge in [-0.2, -0.15) is 0 Å². The Kier molecular flexibility index (Phi) is 5.01. The Bertz CT molecular complexity index is 853. The van der Waals surface area contributed by atoms with E-state index in [2.05, 4.69) is 9.97 Å². The van der Waals surface area contributed by atoms with Gasteiger partial charge in [-0.25, -0.2) is 4.98 Å². The number of nitrogens with zero attached hydrogens (tertiary/aromatic N) is 1. The van der Waals surface area contributed by atoms with Gasteiger partial charge in [0.05, 0.1) is 11.0 Å². The first-order valence-electron chi connectivity index (χ1n) is 7.67. The zero-order chi connectivity index (χ0) is 16.9. The van der Waals surface area contributed by atoms with E-state index < -0.39 is 10.8 Å². The van der Waals surface area contributed by atoms with Crippen molar-refractivity contribution in [2.45, 2.75) is 17.9 Å². The molecule has 1 unspecified atom stereocenters. The van der Waals surface area contributed by atoms with Gasteiger partial charge in [0.15, 0.2) is 0 Å². The van der Waals surface area contributed by atoms with Gasteiger partial charge in [0, 0.05) is 22.6 Å². The van der Waals surface area contributed by atoms with Crippen LogP contribution in [-0.2, 0) is 16.6 Å². The summed E-state index contributed by atoms with van der Waals surface area (Å²) in [6.07, 6.45) is 0. The molecule has 0 amide bonds.